The Bertz CT molecular complexity index is 532. The smallest absolute Gasteiger partial charge is 0.456 e. The van der Waals surface area contributed by atoms with Crippen molar-refractivity contribution in [1.29, 1.82) is 0 Å². The lowest BCUT2D eigenvalue weighted by Gasteiger charge is -2.20. The molecule has 0 amide bonds. The molecule has 1 rings (SSSR count). The summed E-state index contributed by atoms with van der Waals surface area (Å²) < 4.78 is 65.9. The van der Waals surface area contributed by atoms with E-state index in [1.54, 1.807) is 22.6 Å². The van der Waals surface area contributed by atoms with Gasteiger partial charge in [-0.05, 0) is 34.7 Å². The van der Waals surface area contributed by atoms with Crippen LogP contribution in [0.15, 0.2) is 12.1 Å². The highest BCUT2D eigenvalue weighted by molar-refractivity contribution is 14.1. The number of hydrogen-bond acceptors (Lipinski definition) is 2. The lowest BCUT2D eigenvalue weighted by molar-refractivity contribution is -0.290. The largest absolute Gasteiger partial charge is 0.486 e. The molecule has 0 aliphatic rings. The van der Waals surface area contributed by atoms with E-state index in [1.807, 2.05) is 0 Å². The fourth-order valence-electron chi connectivity index (χ4n) is 1.07. The van der Waals surface area contributed by atoms with Crippen molar-refractivity contribution in [2.45, 2.75) is 12.1 Å². The second-order valence-corrected chi connectivity index (χ2v) is 5.13. The first-order valence-corrected chi connectivity index (χ1v) is 6.21. The molecule has 10 heteroatoms. The average Bonchev–Trinajstić information content (AvgIpc) is 2.28. The Morgan fingerprint density at radius 1 is 1.30 bits per heavy atom. The van der Waals surface area contributed by atoms with Crippen LogP contribution in [-0.4, -0.2) is 29.8 Å². The van der Waals surface area contributed by atoms with E-state index in [1.165, 1.54) is 0 Å². The van der Waals surface area contributed by atoms with Gasteiger partial charge in [0.15, 0.2) is 6.61 Å². The first kappa shape index (κ1) is 17.2. The summed E-state index contributed by atoms with van der Waals surface area (Å²) in [7, 11) is 0. The van der Waals surface area contributed by atoms with Gasteiger partial charge in [0, 0.05) is 3.57 Å². The van der Waals surface area contributed by atoms with Crippen molar-refractivity contribution < 1.29 is 36.6 Å². The van der Waals surface area contributed by atoms with Gasteiger partial charge in [-0.1, -0.05) is 11.6 Å². The van der Waals surface area contributed by atoms with Crippen molar-refractivity contribution in [2.24, 2.45) is 0 Å². The van der Waals surface area contributed by atoms with Crippen molar-refractivity contribution in [1.82, 2.24) is 0 Å². The number of benzene rings is 1. The zero-order valence-corrected chi connectivity index (χ0v) is 12.2. The molecule has 0 bridgehead atoms. The Hall–Kier alpha value is -0.840. The summed E-state index contributed by atoms with van der Waals surface area (Å²) in [6, 6.07) is 1.88. The van der Waals surface area contributed by atoms with Gasteiger partial charge in [0.2, 0.25) is 0 Å². The average molecular weight is 430 g/mol. The maximum absolute atomic E-state index is 12.7. The lowest BCUT2D eigenvalue weighted by atomic mass is 10.2. The van der Waals surface area contributed by atoms with Gasteiger partial charge >= 0.3 is 18.1 Å². The summed E-state index contributed by atoms with van der Waals surface area (Å²) in [6.07, 6.45) is -5.78. The molecule has 0 radical (unpaired) electrons. The van der Waals surface area contributed by atoms with Crippen molar-refractivity contribution in [3.8, 4) is 5.75 Å². The Balaban J connectivity index is 3.04. The zero-order valence-electron chi connectivity index (χ0n) is 9.27. The number of carboxylic acid groups (broad SMARTS) is 1. The number of halogens is 7. The van der Waals surface area contributed by atoms with Crippen molar-refractivity contribution in [2.75, 3.05) is 6.61 Å². The number of alkyl halides is 5. The second-order valence-electron chi connectivity index (χ2n) is 3.56. The van der Waals surface area contributed by atoms with E-state index >= 15 is 0 Å². The number of rotatable bonds is 4. The summed E-state index contributed by atoms with van der Waals surface area (Å²) in [5, 5.41) is 8.83. The SMILES string of the molecule is O=C(O)c1cc(Cl)c(I)cc1OCC(F)(F)C(F)(F)F. The molecule has 3 nitrogen and oxygen atoms in total. The highest BCUT2D eigenvalue weighted by Gasteiger charge is 2.58. The number of carboxylic acids is 1. The van der Waals surface area contributed by atoms with E-state index in [9.17, 15) is 26.7 Å². The zero-order chi connectivity index (χ0) is 15.7. The molecule has 20 heavy (non-hydrogen) atoms. The van der Waals surface area contributed by atoms with Gasteiger partial charge in [0.05, 0.1) is 5.02 Å². The maximum atomic E-state index is 12.7. The van der Waals surface area contributed by atoms with Crippen LogP contribution in [-0.2, 0) is 0 Å². The molecule has 1 aromatic rings. The third kappa shape index (κ3) is 3.84. The topological polar surface area (TPSA) is 46.5 Å². The lowest BCUT2D eigenvalue weighted by Crippen LogP contribution is -2.41. The quantitative estimate of drug-likeness (QED) is 0.575. The minimum atomic E-state index is -5.78. The van der Waals surface area contributed by atoms with E-state index in [0.717, 1.165) is 12.1 Å². The van der Waals surface area contributed by atoms with Gasteiger partial charge in [-0.2, -0.15) is 22.0 Å². The van der Waals surface area contributed by atoms with Crippen LogP contribution in [0.1, 0.15) is 10.4 Å². The fourth-order valence-corrected chi connectivity index (χ4v) is 1.67. The molecule has 0 fully saturated rings. The molecule has 0 aliphatic carbocycles. The molecule has 1 aromatic carbocycles. The summed E-state index contributed by atoms with van der Waals surface area (Å²) in [5.41, 5.74) is -0.603. The molecule has 0 saturated carbocycles. The fraction of sp³-hybridized carbons (Fsp3) is 0.300. The van der Waals surface area contributed by atoms with Gasteiger partial charge in [-0.25, -0.2) is 4.79 Å². The minimum absolute atomic E-state index is 0.0120. The van der Waals surface area contributed by atoms with Crippen LogP contribution in [0.25, 0.3) is 0 Å². The number of ether oxygens (including phenoxy) is 1. The Morgan fingerprint density at radius 3 is 2.30 bits per heavy atom. The third-order valence-electron chi connectivity index (χ3n) is 2.08. The van der Waals surface area contributed by atoms with Crippen LogP contribution in [0.2, 0.25) is 5.02 Å². The van der Waals surface area contributed by atoms with Crippen LogP contribution in [0.3, 0.4) is 0 Å². The van der Waals surface area contributed by atoms with E-state index in [2.05, 4.69) is 4.74 Å². The maximum Gasteiger partial charge on any atom is 0.456 e. The molecule has 0 aromatic heterocycles. The monoisotopic (exact) mass is 430 g/mol. The molecule has 112 valence electrons. The summed E-state index contributed by atoms with van der Waals surface area (Å²) in [4.78, 5) is 10.9. The summed E-state index contributed by atoms with van der Waals surface area (Å²) in [5.74, 6) is -7.27. The standard InChI is InChI=1S/C10H5ClF5IO3/c11-5-1-4(8(18)19)7(2-6(5)17)20-3-9(12,13)10(14,15)16/h1-2H,3H2,(H,18,19). The number of carbonyl (C=O) groups is 1. The molecule has 0 heterocycles. The predicted molar refractivity (Wildman–Crippen MR) is 67.6 cm³/mol. The normalized spacial score (nSPS) is 12.3. The van der Waals surface area contributed by atoms with Crippen LogP contribution in [0, 0.1) is 3.57 Å². The molecular formula is C10H5ClF5IO3. The van der Waals surface area contributed by atoms with Crippen molar-refractivity contribution >= 4 is 40.2 Å². The number of hydrogen-bond donors (Lipinski definition) is 1. The Morgan fingerprint density at radius 2 is 1.85 bits per heavy atom. The third-order valence-corrected chi connectivity index (χ3v) is 3.60. The van der Waals surface area contributed by atoms with E-state index in [-0.39, 0.29) is 8.59 Å². The van der Waals surface area contributed by atoms with Gasteiger partial charge in [-0.3, -0.25) is 0 Å². The Kier molecular flexibility index (Phi) is 5.06. The number of aromatic carboxylic acids is 1. The highest BCUT2D eigenvalue weighted by Crippen LogP contribution is 2.36. The minimum Gasteiger partial charge on any atom is -0.486 e. The molecule has 0 saturated heterocycles. The first-order valence-electron chi connectivity index (χ1n) is 4.75. The van der Waals surface area contributed by atoms with Gasteiger partial charge in [0.25, 0.3) is 0 Å². The van der Waals surface area contributed by atoms with Crippen LogP contribution >= 0.6 is 34.2 Å². The molecule has 0 aliphatic heterocycles. The van der Waals surface area contributed by atoms with Crippen LogP contribution in [0.4, 0.5) is 22.0 Å². The molecule has 0 spiro atoms. The highest BCUT2D eigenvalue weighted by atomic mass is 127. The van der Waals surface area contributed by atoms with Gasteiger partial charge in [0.1, 0.15) is 11.3 Å². The molecular weight excluding hydrogens is 425 g/mol. The van der Waals surface area contributed by atoms with E-state index < -0.39 is 36.0 Å². The van der Waals surface area contributed by atoms with Crippen LogP contribution in [0.5, 0.6) is 5.75 Å². The second kappa shape index (κ2) is 5.88. The molecule has 0 unspecified atom stereocenters. The molecule has 1 N–H and O–H groups in total. The van der Waals surface area contributed by atoms with Crippen LogP contribution < -0.4 is 4.74 Å². The first-order chi connectivity index (χ1) is 8.95. The predicted octanol–water partition coefficient (Wildman–Crippen LogP) is 4.22. The Labute approximate surface area is 127 Å². The van der Waals surface area contributed by atoms with E-state index in [4.69, 9.17) is 16.7 Å². The van der Waals surface area contributed by atoms with Crippen molar-refractivity contribution in [3.63, 3.8) is 0 Å². The van der Waals surface area contributed by atoms with Crippen molar-refractivity contribution in [3.05, 3.63) is 26.3 Å². The van der Waals surface area contributed by atoms with Gasteiger partial charge < -0.3 is 9.84 Å². The van der Waals surface area contributed by atoms with E-state index in [0.29, 0.717) is 0 Å². The summed E-state index contributed by atoms with van der Waals surface area (Å²) in [6.45, 7) is -2.02. The molecule has 0 atom stereocenters. The summed E-state index contributed by atoms with van der Waals surface area (Å²) >= 11 is 7.29. The van der Waals surface area contributed by atoms with Gasteiger partial charge in [-0.15, -0.1) is 0 Å².